The summed E-state index contributed by atoms with van der Waals surface area (Å²) >= 11 is 0. The van der Waals surface area contributed by atoms with Crippen LogP contribution in [0.15, 0.2) is 12.8 Å². The molecule has 0 unspecified atom stereocenters. The highest BCUT2D eigenvalue weighted by atomic mass is 16.3. The van der Waals surface area contributed by atoms with E-state index in [1.54, 1.807) is 13.1 Å². The Balaban J connectivity index is 3.23. The molecule has 0 spiro atoms. The molecule has 2 heteroatoms. The molecule has 48 valence electrons. The molecule has 0 saturated heterocycles. The van der Waals surface area contributed by atoms with E-state index in [0.29, 0.717) is 6.54 Å². The predicted octanol–water partition coefficient (Wildman–Crippen LogP) is 0.442. The van der Waals surface area contributed by atoms with Gasteiger partial charge in [0.05, 0.1) is 6.10 Å². The van der Waals surface area contributed by atoms with Crippen LogP contribution in [0.1, 0.15) is 6.92 Å². The summed E-state index contributed by atoms with van der Waals surface area (Å²) in [5, 5.41) is 8.76. The predicted molar refractivity (Wildman–Crippen MR) is 34.5 cm³/mol. The number of likely N-dealkylation sites (N-methyl/N-ethyl adjacent to an activating group) is 1. The summed E-state index contributed by atoms with van der Waals surface area (Å²) in [6, 6.07) is 0. The van der Waals surface area contributed by atoms with E-state index in [2.05, 4.69) is 6.58 Å². The molecule has 0 aromatic heterocycles. The van der Waals surface area contributed by atoms with E-state index in [9.17, 15) is 0 Å². The third kappa shape index (κ3) is 3.68. The molecular weight excluding hydrogens is 102 g/mol. The van der Waals surface area contributed by atoms with Gasteiger partial charge in [-0.15, -0.1) is 0 Å². The first kappa shape index (κ1) is 7.50. The molecule has 1 N–H and O–H groups in total. The van der Waals surface area contributed by atoms with Crippen molar-refractivity contribution in [3.8, 4) is 0 Å². The third-order valence-electron chi connectivity index (χ3n) is 0.864. The monoisotopic (exact) mass is 115 g/mol. The standard InChI is InChI=1S/C6H13NO/c1-4-7(3)5-6(2)8/h4,6,8H,1,5H2,2-3H3/t6-/m0/s1. The highest BCUT2D eigenvalue weighted by Crippen LogP contribution is 1.85. The minimum absolute atomic E-state index is 0.266. The Morgan fingerprint density at radius 2 is 2.38 bits per heavy atom. The fourth-order valence-electron chi connectivity index (χ4n) is 0.491. The van der Waals surface area contributed by atoms with E-state index in [0.717, 1.165) is 0 Å². The normalized spacial score (nSPS) is 12.9. The second-order valence-electron chi connectivity index (χ2n) is 1.97. The number of hydrogen-bond acceptors (Lipinski definition) is 2. The zero-order valence-corrected chi connectivity index (χ0v) is 5.46. The van der Waals surface area contributed by atoms with Gasteiger partial charge in [-0.1, -0.05) is 6.58 Å². The van der Waals surface area contributed by atoms with Crippen molar-refractivity contribution in [2.75, 3.05) is 13.6 Å². The molecule has 0 aliphatic carbocycles. The molecule has 0 radical (unpaired) electrons. The molecule has 0 aliphatic heterocycles. The number of rotatable bonds is 3. The minimum atomic E-state index is -0.266. The maximum Gasteiger partial charge on any atom is 0.0686 e. The molecule has 0 bridgehead atoms. The molecule has 0 amide bonds. The largest absolute Gasteiger partial charge is 0.392 e. The zero-order valence-electron chi connectivity index (χ0n) is 5.46. The lowest BCUT2D eigenvalue weighted by molar-refractivity contribution is 0.161. The number of aliphatic hydroxyl groups is 1. The Morgan fingerprint density at radius 1 is 1.88 bits per heavy atom. The third-order valence-corrected chi connectivity index (χ3v) is 0.864. The summed E-state index contributed by atoms with van der Waals surface area (Å²) in [6.07, 6.45) is 1.42. The smallest absolute Gasteiger partial charge is 0.0686 e. The molecule has 8 heavy (non-hydrogen) atoms. The zero-order chi connectivity index (χ0) is 6.57. The van der Waals surface area contributed by atoms with Crippen molar-refractivity contribution in [2.45, 2.75) is 13.0 Å². The number of hydrogen-bond donors (Lipinski definition) is 1. The van der Waals surface area contributed by atoms with Crippen LogP contribution in [0.3, 0.4) is 0 Å². The van der Waals surface area contributed by atoms with Crippen LogP contribution in [0.2, 0.25) is 0 Å². The fraction of sp³-hybridized carbons (Fsp3) is 0.667. The highest BCUT2D eigenvalue weighted by molar-refractivity contribution is 4.67. The van der Waals surface area contributed by atoms with Gasteiger partial charge in [0.2, 0.25) is 0 Å². The second-order valence-corrected chi connectivity index (χ2v) is 1.97. The van der Waals surface area contributed by atoms with E-state index in [1.165, 1.54) is 0 Å². The van der Waals surface area contributed by atoms with Gasteiger partial charge in [-0.3, -0.25) is 0 Å². The fourth-order valence-corrected chi connectivity index (χ4v) is 0.491. The lowest BCUT2D eigenvalue weighted by atomic mass is 10.4. The minimum Gasteiger partial charge on any atom is -0.392 e. The molecule has 0 rings (SSSR count). The first-order valence-electron chi connectivity index (χ1n) is 2.67. The van der Waals surface area contributed by atoms with Crippen LogP contribution < -0.4 is 0 Å². The molecule has 0 aliphatic rings. The van der Waals surface area contributed by atoms with Gasteiger partial charge in [-0.2, -0.15) is 0 Å². The summed E-state index contributed by atoms with van der Waals surface area (Å²) in [7, 11) is 1.87. The average Bonchev–Trinajstić information content (AvgIpc) is 1.65. The summed E-state index contributed by atoms with van der Waals surface area (Å²) in [6.45, 7) is 5.93. The van der Waals surface area contributed by atoms with Crippen molar-refractivity contribution in [3.05, 3.63) is 12.8 Å². The first-order valence-corrected chi connectivity index (χ1v) is 2.67. The Kier molecular flexibility index (Phi) is 3.28. The highest BCUT2D eigenvalue weighted by Gasteiger charge is 1.94. The maximum absolute atomic E-state index is 8.76. The van der Waals surface area contributed by atoms with Crippen molar-refractivity contribution >= 4 is 0 Å². The summed E-state index contributed by atoms with van der Waals surface area (Å²) in [5.74, 6) is 0. The van der Waals surface area contributed by atoms with Crippen molar-refractivity contribution in [1.29, 1.82) is 0 Å². The van der Waals surface area contributed by atoms with Crippen molar-refractivity contribution in [2.24, 2.45) is 0 Å². The Labute approximate surface area is 50.4 Å². The number of nitrogens with zero attached hydrogens (tertiary/aromatic N) is 1. The molecule has 0 fully saturated rings. The van der Waals surface area contributed by atoms with Gasteiger partial charge < -0.3 is 10.0 Å². The van der Waals surface area contributed by atoms with E-state index in [4.69, 9.17) is 5.11 Å². The van der Waals surface area contributed by atoms with E-state index in [-0.39, 0.29) is 6.10 Å². The van der Waals surface area contributed by atoms with Crippen LogP contribution in [0.5, 0.6) is 0 Å². The van der Waals surface area contributed by atoms with Crippen molar-refractivity contribution < 1.29 is 5.11 Å². The lowest BCUT2D eigenvalue weighted by Gasteiger charge is -2.14. The van der Waals surface area contributed by atoms with Gasteiger partial charge in [-0.25, -0.2) is 0 Å². The lowest BCUT2D eigenvalue weighted by Crippen LogP contribution is -2.21. The Hall–Kier alpha value is -0.500. The number of aliphatic hydroxyl groups excluding tert-OH is 1. The Morgan fingerprint density at radius 3 is 2.50 bits per heavy atom. The van der Waals surface area contributed by atoms with Crippen LogP contribution in [-0.4, -0.2) is 29.7 Å². The van der Waals surface area contributed by atoms with E-state index in [1.807, 2.05) is 11.9 Å². The summed E-state index contributed by atoms with van der Waals surface area (Å²) in [5.41, 5.74) is 0. The van der Waals surface area contributed by atoms with Crippen LogP contribution >= 0.6 is 0 Å². The van der Waals surface area contributed by atoms with Gasteiger partial charge >= 0.3 is 0 Å². The van der Waals surface area contributed by atoms with Crippen molar-refractivity contribution in [3.63, 3.8) is 0 Å². The van der Waals surface area contributed by atoms with Gasteiger partial charge in [-0.05, 0) is 13.1 Å². The van der Waals surface area contributed by atoms with Crippen molar-refractivity contribution in [1.82, 2.24) is 4.90 Å². The van der Waals surface area contributed by atoms with Crippen LogP contribution in [0.4, 0.5) is 0 Å². The molecule has 2 nitrogen and oxygen atoms in total. The molecule has 0 heterocycles. The molecule has 1 atom stereocenters. The van der Waals surface area contributed by atoms with E-state index < -0.39 is 0 Å². The SMILES string of the molecule is C=CN(C)C[C@H](C)O. The summed E-state index contributed by atoms with van der Waals surface area (Å²) in [4.78, 5) is 1.84. The van der Waals surface area contributed by atoms with Crippen LogP contribution in [0, 0.1) is 0 Å². The quantitative estimate of drug-likeness (QED) is 0.577. The van der Waals surface area contributed by atoms with Crippen LogP contribution in [0.25, 0.3) is 0 Å². The summed E-state index contributed by atoms with van der Waals surface area (Å²) < 4.78 is 0. The first-order chi connectivity index (χ1) is 3.66. The van der Waals surface area contributed by atoms with Crippen LogP contribution in [-0.2, 0) is 0 Å². The average molecular weight is 115 g/mol. The molecule has 0 saturated carbocycles. The van der Waals surface area contributed by atoms with Gasteiger partial charge in [0.25, 0.3) is 0 Å². The molecular formula is C6H13NO. The maximum atomic E-state index is 8.76. The topological polar surface area (TPSA) is 23.5 Å². The van der Waals surface area contributed by atoms with Gasteiger partial charge in [0, 0.05) is 13.6 Å². The van der Waals surface area contributed by atoms with Gasteiger partial charge in [0.15, 0.2) is 0 Å². The molecule has 0 aromatic rings. The van der Waals surface area contributed by atoms with E-state index >= 15 is 0 Å². The molecule has 0 aromatic carbocycles. The van der Waals surface area contributed by atoms with Gasteiger partial charge in [0.1, 0.15) is 0 Å². The second kappa shape index (κ2) is 3.50. The Bertz CT molecular complexity index is 70.9.